The average molecular weight is 524 g/mol. The van der Waals surface area contributed by atoms with Gasteiger partial charge in [-0.3, -0.25) is 10.1 Å². The van der Waals surface area contributed by atoms with E-state index in [4.69, 9.17) is 9.47 Å². The summed E-state index contributed by atoms with van der Waals surface area (Å²) in [6.45, 7) is 5.26. The summed E-state index contributed by atoms with van der Waals surface area (Å²) in [6, 6.07) is 8.26. The number of carbonyl (C=O) groups excluding carboxylic acids is 3. The van der Waals surface area contributed by atoms with Crippen LogP contribution in [0.15, 0.2) is 30.3 Å². The van der Waals surface area contributed by atoms with Crippen molar-refractivity contribution in [3.05, 3.63) is 35.9 Å². The predicted octanol–water partition coefficient (Wildman–Crippen LogP) is -0.395. The highest BCUT2D eigenvalue weighted by molar-refractivity contribution is 7.95. The molecule has 0 radical (unpaired) electrons. The minimum atomic E-state index is -0.876. The van der Waals surface area contributed by atoms with E-state index in [1.54, 1.807) is 20.8 Å². The van der Waals surface area contributed by atoms with E-state index in [1.165, 1.54) is 0 Å². The molecule has 3 amide bonds. The largest absolute Gasteiger partial charge is 1.00 e. The van der Waals surface area contributed by atoms with Crippen LogP contribution in [0.1, 0.15) is 32.8 Å². The summed E-state index contributed by atoms with van der Waals surface area (Å²) in [7, 11) is 0.0841. The molecule has 2 N–H and O–H groups in total. The third kappa shape index (κ3) is 12.1. The van der Waals surface area contributed by atoms with Crippen LogP contribution in [0.25, 0.3) is 0 Å². The van der Waals surface area contributed by atoms with Gasteiger partial charge in [0.2, 0.25) is 0 Å². The summed E-state index contributed by atoms with van der Waals surface area (Å²) in [4.78, 5) is 36.3. The van der Waals surface area contributed by atoms with Gasteiger partial charge in [-0.05, 0) is 37.2 Å². The molecule has 0 bridgehead atoms. The van der Waals surface area contributed by atoms with Gasteiger partial charge in [0, 0.05) is 6.42 Å². The van der Waals surface area contributed by atoms with E-state index < -0.39 is 29.7 Å². The van der Waals surface area contributed by atoms with E-state index in [1.807, 2.05) is 42.8 Å². The standard InChI is InChI=1S/C19H28N2O5S.HI/c1-19(2,3)26-18(24)20-15(11-12-27(4)5)16(22)21-17(23)25-13-14-9-7-6-8-10-14;/h6-10,15H,11-13H2,1-5H3,(H-,20,21,22,23,24);1H. The fourth-order valence-electron chi connectivity index (χ4n) is 2.02. The predicted molar refractivity (Wildman–Crippen MR) is 107 cm³/mol. The second kappa shape index (κ2) is 12.9. The van der Waals surface area contributed by atoms with Crippen LogP contribution < -0.4 is 34.6 Å². The van der Waals surface area contributed by atoms with Crippen molar-refractivity contribution in [1.82, 2.24) is 10.6 Å². The van der Waals surface area contributed by atoms with Crippen LogP contribution in [0.2, 0.25) is 0 Å². The molecule has 1 atom stereocenters. The normalized spacial score (nSPS) is 11.8. The zero-order chi connectivity index (χ0) is 20.4. The highest BCUT2D eigenvalue weighted by atomic mass is 127. The molecule has 0 aliphatic carbocycles. The Labute approximate surface area is 186 Å². The first kappa shape index (κ1) is 26.5. The van der Waals surface area contributed by atoms with Crippen molar-refractivity contribution >= 4 is 29.0 Å². The molecule has 0 saturated heterocycles. The Morgan fingerprint density at radius 3 is 2.21 bits per heavy atom. The highest BCUT2D eigenvalue weighted by Crippen LogP contribution is 2.08. The number of amides is 3. The van der Waals surface area contributed by atoms with Gasteiger partial charge in [0.1, 0.15) is 24.0 Å². The van der Waals surface area contributed by atoms with Crippen molar-refractivity contribution in [3.63, 3.8) is 0 Å². The fraction of sp³-hybridized carbons (Fsp3) is 0.526. The number of ether oxygens (including phenoxy) is 2. The molecular formula is C19H29IN2O5S. The number of hydrogen-bond donors (Lipinski definition) is 2. The lowest BCUT2D eigenvalue weighted by atomic mass is 10.2. The molecule has 1 aromatic rings. The summed E-state index contributed by atoms with van der Waals surface area (Å²) >= 11 is 0. The monoisotopic (exact) mass is 524 g/mol. The quantitative estimate of drug-likeness (QED) is 0.375. The maximum Gasteiger partial charge on any atom is 0.414 e. The molecule has 158 valence electrons. The summed E-state index contributed by atoms with van der Waals surface area (Å²) < 4.78 is 10.2. The number of hydrogen-bond acceptors (Lipinski definition) is 5. The van der Waals surface area contributed by atoms with Crippen molar-refractivity contribution in [2.75, 3.05) is 18.3 Å². The van der Waals surface area contributed by atoms with Crippen molar-refractivity contribution < 1.29 is 47.8 Å². The summed E-state index contributed by atoms with van der Waals surface area (Å²) in [5.74, 6) is 0.108. The first-order valence-electron chi connectivity index (χ1n) is 8.62. The zero-order valence-corrected chi connectivity index (χ0v) is 19.9. The molecule has 9 heteroatoms. The number of imide groups is 1. The van der Waals surface area contributed by atoms with E-state index in [-0.39, 0.29) is 41.5 Å². The number of nitrogens with one attached hydrogen (secondary N) is 2. The second-order valence-corrected chi connectivity index (χ2v) is 9.61. The molecule has 0 aromatic heterocycles. The Balaban J connectivity index is 0.00000729. The van der Waals surface area contributed by atoms with E-state index >= 15 is 0 Å². The number of alkyl carbamates (subject to hydrolysis) is 2. The van der Waals surface area contributed by atoms with Gasteiger partial charge in [0.15, 0.2) is 0 Å². The van der Waals surface area contributed by atoms with Crippen molar-refractivity contribution in [3.8, 4) is 0 Å². The Morgan fingerprint density at radius 2 is 1.68 bits per heavy atom. The summed E-state index contributed by atoms with van der Waals surface area (Å²) in [6.07, 6.45) is 2.92. The maximum atomic E-state index is 12.4. The van der Waals surface area contributed by atoms with Gasteiger partial charge in [-0.15, -0.1) is 0 Å². The van der Waals surface area contributed by atoms with Crippen molar-refractivity contribution in [2.45, 2.75) is 45.4 Å². The number of halogens is 1. The molecule has 7 nitrogen and oxygen atoms in total. The van der Waals surface area contributed by atoms with E-state index in [2.05, 4.69) is 10.6 Å². The first-order valence-corrected chi connectivity index (χ1v) is 10.8. The maximum absolute atomic E-state index is 12.4. The minimum absolute atomic E-state index is 0. The van der Waals surface area contributed by atoms with Gasteiger partial charge < -0.3 is 38.8 Å². The van der Waals surface area contributed by atoms with Crippen LogP contribution in [-0.4, -0.2) is 48.0 Å². The molecule has 1 rings (SSSR count). The molecule has 1 aromatic carbocycles. The number of carbonyl (C=O) groups is 3. The molecule has 0 spiro atoms. The fourth-order valence-corrected chi connectivity index (χ4v) is 2.73. The Morgan fingerprint density at radius 1 is 1.07 bits per heavy atom. The van der Waals surface area contributed by atoms with Gasteiger partial charge >= 0.3 is 12.2 Å². The Bertz CT molecular complexity index is 635. The third-order valence-corrected chi connectivity index (χ3v) is 4.31. The van der Waals surface area contributed by atoms with Gasteiger partial charge in [-0.2, -0.15) is 0 Å². The molecule has 1 unspecified atom stereocenters. The SMILES string of the molecule is C[S+](C)CCC(NC(=O)OC(C)(C)C)C(=O)NC(=O)OCc1ccccc1.[I-]. The molecule has 0 heterocycles. The summed E-state index contributed by atoms with van der Waals surface area (Å²) in [5.41, 5.74) is 0.129. The zero-order valence-electron chi connectivity index (χ0n) is 16.9. The lowest BCUT2D eigenvalue weighted by Gasteiger charge is -2.22. The van der Waals surface area contributed by atoms with E-state index in [9.17, 15) is 14.4 Å². The minimum Gasteiger partial charge on any atom is -1.00 e. The second-order valence-electron chi connectivity index (χ2n) is 7.23. The lowest BCUT2D eigenvalue weighted by Crippen LogP contribution is -3.00. The number of rotatable bonds is 7. The van der Waals surface area contributed by atoms with Crippen LogP contribution in [0, 0.1) is 0 Å². The molecule has 28 heavy (non-hydrogen) atoms. The van der Waals surface area contributed by atoms with Gasteiger partial charge in [-0.1, -0.05) is 30.3 Å². The Kier molecular flexibility index (Phi) is 12.2. The molecule has 0 aliphatic heterocycles. The molecule has 0 aliphatic rings. The molecule has 0 saturated carbocycles. The van der Waals surface area contributed by atoms with Crippen molar-refractivity contribution in [1.29, 1.82) is 0 Å². The smallest absolute Gasteiger partial charge is 0.414 e. The van der Waals surface area contributed by atoms with Crippen LogP contribution in [0.4, 0.5) is 9.59 Å². The van der Waals surface area contributed by atoms with Crippen LogP contribution >= 0.6 is 0 Å². The van der Waals surface area contributed by atoms with E-state index in [0.29, 0.717) is 6.42 Å². The van der Waals surface area contributed by atoms with Crippen LogP contribution in [0.5, 0.6) is 0 Å². The summed E-state index contributed by atoms with van der Waals surface area (Å²) in [5, 5.41) is 4.71. The van der Waals surface area contributed by atoms with Gasteiger partial charge in [0.05, 0.1) is 12.5 Å². The lowest BCUT2D eigenvalue weighted by molar-refractivity contribution is -0.122. The highest BCUT2D eigenvalue weighted by Gasteiger charge is 2.27. The van der Waals surface area contributed by atoms with Crippen LogP contribution in [0.3, 0.4) is 0 Å². The Hall–Kier alpha value is -1.49. The average Bonchev–Trinajstić information content (AvgIpc) is 2.55. The van der Waals surface area contributed by atoms with E-state index in [0.717, 1.165) is 11.3 Å². The third-order valence-electron chi connectivity index (χ3n) is 3.26. The first-order chi connectivity index (χ1) is 12.6. The van der Waals surface area contributed by atoms with Gasteiger partial charge in [-0.25, -0.2) is 9.59 Å². The molecule has 0 fully saturated rings. The molecular weight excluding hydrogens is 495 g/mol. The van der Waals surface area contributed by atoms with Crippen LogP contribution in [-0.2, 0) is 31.8 Å². The number of benzene rings is 1. The topological polar surface area (TPSA) is 93.7 Å². The van der Waals surface area contributed by atoms with Gasteiger partial charge in [0.25, 0.3) is 5.91 Å². The van der Waals surface area contributed by atoms with Crippen molar-refractivity contribution in [2.24, 2.45) is 0 Å².